The second kappa shape index (κ2) is 7.63. The van der Waals surface area contributed by atoms with Crippen molar-refractivity contribution in [1.29, 1.82) is 0 Å². The largest absolute Gasteiger partial charge is 0.469 e. The molecule has 0 bridgehead atoms. The van der Waals surface area contributed by atoms with Gasteiger partial charge < -0.3 is 19.5 Å². The molecule has 5 heteroatoms. The van der Waals surface area contributed by atoms with Crippen LogP contribution in [-0.4, -0.2) is 62.5 Å². The van der Waals surface area contributed by atoms with Crippen LogP contribution in [0.5, 0.6) is 0 Å². The van der Waals surface area contributed by atoms with Crippen LogP contribution in [0.3, 0.4) is 0 Å². The van der Waals surface area contributed by atoms with Crippen LogP contribution in [0.4, 0.5) is 0 Å². The number of likely N-dealkylation sites (N-methyl/N-ethyl adjacent to an activating group) is 1. The van der Waals surface area contributed by atoms with Crippen molar-refractivity contribution in [3.8, 4) is 0 Å². The van der Waals surface area contributed by atoms with Crippen molar-refractivity contribution < 1.29 is 19.4 Å². The highest BCUT2D eigenvalue weighted by Gasteiger charge is 2.18. The third-order valence-electron chi connectivity index (χ3n) is 3.06. The minimum Gasteiger partial charge on any atom is -0.469 e. The Kier molecular flexibility index (Phi) is 6.47. The van der Waals surface area contributed by atoms with Crippen LogP contribution in [0.15, 0.2) is 0 Å². The summed E-state index contributed by atoms with van der Waals surface area (Å²) < 4.78 is 9.82. The Morgan fingerprint density at radius 1 is 1.53 bits per heavy atom. The summed E-state index contributed by atoms with van der Waals surface area (Å²) in [5.41, 5.74) is 0. The quantitative estimate of drug-likeness (QED) is 0.681. The van der Waals surface area contributed by atoms with Crippen LogP contribution < -0.4 is 0 Å². The molecule has 0 radical (unpaired) electrons. The lowest BCUT2D eigenvalue weighted by atomic mass is 10.00. The smallest absolute Gasteiger partial charge is 0.308 e. The van der Waals surface area contributed by atoms with Gasteiger partial charge in [-0.3, -0.25) is 4.79 Å². The van der Waals surface area contributed by atoms with E-state index in [0.717, 1.165) is 32.6 Å². The minimum absolute atomic E-state index is 0.0641. The second-order valence-corrected chi connectivity index (χ2v) is 4.71. The number of aliphatic hydroxyl groups excluding tert-OH is 1. The molecule has 0 aromatic carbocycles. The van der Waals surface area contributed by atoms with Crippen LogP contribution in [0, 0.1) is 5.92 Å². The molecule has 5 nitrogen and oxygen atoms in total. The molecule has 0 aromatic rings. The molecule has 1 atom stereocenters. The van der Waals surface area contributed by atoms with Crippen molar-refractivity contribution in [3.05, 3.63) is 0 Å². The van der Waals surface area contributed by atoms with E-state index in [1.807, 2.05) is 7.05 Å². The highest BCUT2D eigenvalue weighted by atomic mass is 16.5. The third-order valence-corrected chi connectivity index (χ3v) is 3.06. The molecule has 0 saturated carbocycles. The predicted molar refractivity (Wildman–Crippen MR) is 63.7 cm³/mol. The number of rotatable bonds is 6. The van der Waals surface area contributed by atoms with E-state index in [-0.39, 0.29) is 12.4 Å². The molecule has 1 fully saturated rings. The summed E-state index contributed by atoms with van der Waals surface area (Å²) in [6, 6.07) is 0. The number of hydrogen-bond donors (Lipinski definition) is 1. The normalized spacial score (nSPS) is 19.3. The number of methoxy groups -OCH3 is 1. The first-order valence-corrected chi connectivity index (χ1v) is 6.13. The summed E-state index contributed by atoms with van der Waals surface area (Å²) in [5, 5.41) is 9.68. The SMILES string of the molecule is COC(=O)CC(O)CN(C)CC1CCOCC1. The van der Waals surface area contributed by atoms with Crippen molar-refractivity contribution in [1.82, 2.24) is 4.90 Å². The maximum atomic E-state index is 11.0. The molecule has 1 unspecified atom stereocenters. The zero-order chi connectivity index (χ0) is 12.7. The Morgan fingerprint density at radius 2 is 2.18 bits per heavy atom. The molecular formula is C12H23NO4. The molecule has 100 valence electrons. The van der Waals surface area contributed by atoms with Gasteiger partial charge in [0.2, 0.25) is 0 Å². The van der Waals surface area contributed by atoms with Crippen LogP contribution in [0.2, 0.25) is 0 Å². The summed E-state index contributed by atoms with van der Waals surface area (Å²) in [6.07, 6.45) is 1.58. The molecule has 1 saturated heterocycles. The highest BCUT2D eigenvalue weighted by molar-refractivity contribution is 5.69. The van der Waals surface area contributed by atoms with Gasteiger partial charge in [0.15, 0.2) is 0 Å². The minimum atomic E-state index is -0.646. The number of hydrogen-bond acceptors (Lipinski definition) is 5. The summed E-state index contributed by atoms with van der Waals surface area (Å²) in [7, 11) is 3.30. The molecular weight excluding hydrogens is 222 g/mol. The lowest BCUT2D eigenvalue weighted by molar-refractivity contribution is -0.143. The van der Waals surface area contributed by atoms with E-state index in [2.05, 4.69) is 9.64 Å². The topological polar surface area (TPSA) is 59.0 Å². The van der Waals surface area contributed by atoms with Gasteiger partial charge in [-0.05, 0) is 25.8 Å². The van der Waals surface area contributed by atoms with E-state index in [1.165, 1.54) is 7.11 Å². The molecule has 0 aromatic heterocycles. The fourth-order valence-corrected chi connectivity index (χ4v) is 2.14. The molecule has 0 amide bonds. The molecule has 1 N–H and O–H groups in total. The molecule has 0 aliphatic carbocycles. The van der Waals surface area contributed by atoms with Gasteiger partial charge in [0.05, 0.1) is 19.6 Å². The van der Waals surface area contributed by atoms with Gasteiger partial charge in [0, 0.05) is 26.3 Å². The third kappa shape index (κ3) is 6.00. The Balaban J connectivity index is 2.18. The monoisotopic (exact) mass is 245 g/mol. The Morgan fingerprint density at radius 3 is 2.76 bits per heavy atom. The van der Waals surface area contributed by atoms with Crippen LogP contribution >= 0.6 is 0 Å². The summed E-state index contributed by atoms with van der Waals surface area (Å²) in [5.74, 6) is 0.274. The van der Waals surface area contributed by atoms with Gasteiger partial charge in [-0.2, -0.15) is 0 Å². The van der Waals surface area contributed by atoms with Crippen LogP contribution in [-0.2, 0) is 14.3 Å². The first-order valence-electron chi connectivity index (χ1n) is 6.13. The molecule has 1 rings (SSSR count). The van der Waals surface area contributed by atoms with Crippen molar-refractivity contribution in [2.45, 2.75) is 25.4 Å². The zero-order valence-electron chi connectivity index (χ0n) is 10.7. The van der Waals surface area contributed by atoms with Crippen molar-refractivity contribution in [2.24, 2.45) is 5.92 Å². The van der Waals surface area contributed by atoms with Gasteiger partial charge in [0.25, 0.3) is 0 Å². The lowest BCUT2D eigenvalue weighted by Crippen LogP contribution is -2.35. The predicted octanol–water partition coefficient (Wildman–Crippen LogP) is 0.269. The molecule has 1 aliphatic heterocycles. The van der Waals surface area contributed by atoms with Crippen LogP contribution in [0.1, 0.15) is 19.3 Å². The van der Waals surface area contributed by atoms with Gasteiger partial charge in [-0.1, -0.05) is 0 Å². The highest BCUT2D eigenvalue weighted by Crippen LogP contribution is 2.15. The average Bonchev–Trinajstić information content (AvgIpc) is 2.29. The van der Waals surface area contributed by atoms with Gasteiger partial charge in [-0.15, -0.1) is 0 Å². The van der Waals surface area contributed by atoms with Gasteiger partial charge in [-0.25, -0.2) is 0 Å². The van der Waals surface area contributed by atoms with E-state index < -0.39 is 6.10 Å². The number of esters is 1. The van der Waals surface area contributed by atoms with Gasteiger partial charge >= 0.3 is 5.97 Å². The second-order valence-electron chi connectivity index (χ2n) is 4.71. The summed E-state index contributed by atoms with van der Waals surface area (Å²) in [6.45, 7) is 3.13. The fraction of sp³-hybridized carbons (Fsp3) is 0.917. The first kappa shape index (κ1) is 14.4. The first-order chi connectivity index (χ1) is 8.11. The molecule has 0 spiro atoms. The number of nitrogens with zero attached hydrogens (tertiary/aromatic N) is 1. The summed E-state index contributed by atoms with van der Waals surface area (Å²) in [4.78, 5) is 13.0. The lowest BCUT2D eigenvalue weighted by Gasteiger charge is -2.28. The number of aliphatic hydroxyl groups is 1. The van der Waals surface area contributed by atoms with E-state index >= 15 is 0 Å². The Hall–Kier alpha value is -0.650. The van der Waals surface area contributed by atoms with E-state index in [9.17, 15) is 9.90 Å². The molecule has 1 aliphatic rings. The van der Waals surface area contributed by atoms with Crippen molar-refractivity contribution in [2.75, 3.05) is 40.5 Å². The average molecular weight is 245 g/mol. The number of carbonyl (C=O) groups excluding carboxylic acids is 1. The van der Waals surface area contributed by atoms with E-state index in [4.69, 9.17) is 4.74 Å². The number of ether oxygens (including phenoxy) is 2. The Bertz CT molecular complexity index is 229. The van der Waals surface area contributed by atoms with Crippen molar-refractivity contribution >= 4 is 5.97 Å². The van der Waals surface area contributed by atoms with E-state index in [0.29, 0.717) is 12.5 Å². The van der Waals surface area contributed by atoms with E-state index in [1.54, 1.807) is 0 Å². The molecule has 17 heavy (non-hydrogen) atoms. The standard InChI is InChI=1S/C12H23NO4/c1-13(8-10-3-5-17-6-4-10)9-11(14)7-12(15)16-2/h10-11,14H,3-9H2,1-2H3. The summed E-state index contributed by atoms with van der Waals surface area (Å²) >= 11 is 0. The van der Waals surface area contributed by atoms with Crippen molar-refractivity contribution in [3.63, 3.8) is 0 Å². The van der Waals surface area contributed by atoms with Crippen LogP contribution in [0.25, 0.3) is 0 Å². The molecule has 1 heterocycles. The zero-order valence-corrected chi connectivity index (χ0v) is 10.7. The van der Waals surface area contributed by atoms with Gasteiger partial charge in [0.1, 0.15) is 0 Å². The fourth-order valence-electron chi connectivity index (χ4n) is 2.14. The Labute approximate surface area is 103 Å². The maximum Gasteiger partial charge on any atom is 0.308 e. The number of carbonyl (C=O) groups is 1. The maximum absolute atomic E-state index is 11.0.